The molecule has 0 fully saturated rings. The van der Waals surface area contributed by atoms with Crippen LogP contribution in [0.4, 0.5) is 0 Å². The average Bonchev–Trinajstić information content (AvgIpc) is 2.85. The molecule has 2 N–H and O–H groups in total. The summed E-state index contributed by atoms with van der Waals surface area (Å²) >= 11 is 0. The summed E-state index contributed by atoms with van der Waals surface area (Å²) in [5.41, 5.74) is 1.33. The van der Waals surface area contributed by atoms with Crippen LogP contribution in [-0.4, -0.2) is 10.2 Å². The maximum atomic E-state index is 11.0. The largest absolute Gasteiger partial charge is 0.504 e. The Morgan fingerprint density at radius 2 is 0.882 bits per heavy atom. The first-order valence-electron chi connectivity index (χ1n) is 13.7. The van der Waals surface area contributed by atoms with Gasteiger partial charge in [-0.1, -0.05) is 103 Å². The number of rotatable bonds is 16. The van der Waals surface area contributed by atoms with Gasteiger partial charge in [0.2, 0.25) is 0 Å². The van der Waals surface area contributed by atoms with Gasteiger partial charge in [0, 0.05) is 11.1 Å². The van der Waals surface area contributed by atoms with E-state index < -0.39 is 0 Å². The SMILES string of the molecule is CCCCCCCCCc1c(O)c(O)c(CCCCCCCCC)c2c1Oc1ccccc1O2. The summed E-state index contributed by atoms with van der Waals surface area (Å²) in [6, 6.07) is 7.61. The quantitative estimate of drug-likeness (QED) is 0.162. The molecular weight excluding hydrogens is 424 g/mol. The molecule has 0 saturated heterocycles. The molecule has 3 rings (SSSR count). The van der Waals surface area contributed by atoms with Crippen LogP contribution in [0.1, 0.15) is 115 Å². The molecule has 188 valence electrons. The molecule has 0 amide bonds. The van der Waals surface area contributed by atoms with Gasteiger partial charge in [0.25, 0.3) is 0 Å². The van der Waals surface area contributed by atoms with Gasteiger partial charge in [-0.15, -0.1) is 0 Å². The molecule has 4 heteroatoms. The first-order valence-corrected chi connectivity index (χ1v) is 13.7. The summed E-state index contributed by atoms with van der Waals surface area (Å²) in [6.45, 7) is 4.46. The van der Waals surface area contributed by atoms with E-state index in [1.807, 2.05) is 24.3 Å². The van der Waals surface area contributed by atoms with Gasteiger partial charge in [-0.05, 0) is 37.8 Å². The normalized spacial score (nSPS) is 12.1. The maximum absolute atomic E-state index is 11.0. The minimum atomic E-state index is -0.0364. The van der Waals surface area contributed by atoms with Crippen molar-refractivity contribution in [3.8, 4) is 34.5 Å². The van der Waals surface area contributed by atoms with Crippen LogP contribution >= 0.6 is 0 Å². The van der Waals surface area contributed by atoms with E-state index in [1.54, 1.807) is 0 Å². The summed E-state index contributed by atoms with van der Waals surface area (Å²) in [5, 5.41) is 21.9. The number of hydrogen-bond acceptors (Lipinski definition) is 4. The van der Waals surface area contributed by atoms with Crippen molar-refractivity contribution < 1.29 is 19.7 Å². The third-order valence-electron chi connectivity index (χ3n) is 6.88. The van der Waals surface area contributed by atoms with Crippen molar-refractivity contribution in [3.05, 3.63) is 35.4 Å². The Morgan fingerprint density at radius 1 is 0.529 bits per heavy atom. The molecule has 34 heavy (non-hydrogen) atoms. The minimum absolute atomic E-state index is 0.0364. The average molecular weight is 469 g/mol. The molecule has 0 spiro atoms. The Hall–Kier alpha value is -2.36. The van der Waals surface area contributed by atoms with Gasteiger partial charge < -0.3 is 19.7 Å². The number of unbranched alkanes of at least 4 members (excludes halogenated alkanes) is 12. The number of aromatic hydroxyl groups is 2. The first-order chi connectivity index (χ1) is 16.7. The first kappa shape index (κ1) is 26.2. The third-order valence-corrected chi connectivity index (χ3v) is 6.88. The fourth-order valence-corrected chi connectivity index (χ4v) is 4.81. The smallest absolute Gasteiger partial charge is 0.177 e. The number of fused-ring (bicyclic) bond motifs is 2. The lowest BCUT2D eigenvalue weighted by Gasteiger charge is -2.26. The summed E-state index contributed by atoms with van der Waals surface area (Å²) in [5.74, 6) is 2.40. The van der Waals surface area contributed by atoms with Gasteiger partial charge in [-0.25, -0.2) is 0 Å². The highest BCUT2D eigenvalue weighted by Crippen LogP contribution is 2.55. The Bertz CT molecular complexity index is 818. The van der Waals surface area contributed by atoms with Crippen molar-refractivity contribution in [1.82, 2.24) is 0 Å². The van der Waals surface area contributed by atoms with Gasteiger partial charge in [0.1, 0.15) is 0 Å². The number of para-hydroxylation sites is 2. The molecule has 0 aliphatic carbocycles. The van der Waals surface area contributed by atoms with Crippen LogP contribution < -0.4 is 9.47 Å². The number of benzene rings is 2. The predicted octanol–water partition coefficient (Wildman–Crippen LogP) is 9.58. The van der Waals surface area contributed by atoms with Crippen LogP contribution in [0.25, 0.3) is 0 Å². The van der Waals surface area contributed by atoms with Crippen LogP contribution in [0.3, 0.4) is 0 Å². The van der Waals surface area contributed by atoms with Crippen LogP contribution in [-0.2, 0) is 12.8 Å². The molecule has 2 aromatic rings. The number of phenols is 2. The Morgan fingerprint density at radius 3 is 1.26 bits per heavy atom. The fraction of sp³-hybridized carbons (Fsp3) is 0.600. The Kier molecular flexibility index (Phi) is 10.9. The highest BCUT2D eigenvalue weighted by molar-refractivity contribution is 5.69. The number of hydrogen-bond donors (Lipinski definition) is 2. The lowest BCUT2D eigenvalue weighted by Crippen LogP contribution is -2.06. The van der Waals surface area contributed by atoms with Gasteiger partial charge in [-0.2, -0.15) is 0 Å². The van der Waals surface area contributed by atoms with E-state index in [4.69, 9.17) is 9.47 Å². The molecule has 2 aromatic carbocycles. The Balaban J connectivity index is 1.71. The molecular formula is C30H44O4. The highest BCUT2D eigenvalue weighted by atomic mass is 16.6. The van der Waals surface area contributed by atoms with E-state index in [0.29, 0.717) is 47.0 Å². The second-order valence-electron chi connectivity index (χ2n) is 9.71. The molecule has 1 aliphatic rings. The molecule has 0 unspecified atom stereocenters. The standard InChI is InChI=1S/C30H44O4/c1-3-5-7-9-11-13-15-19-23-27(31)28(32)24(20-16-14-12-10-8-6-4-2)30-29(23)33-25-21-17-18-22-26(25)34-30/h17-18,21-22,31-32H,3-16,19-20H2,1-2H3. The zero-order valence-electron chi connectivity index (χ0n) is 21.3. The maximum Gasteiger partial charge on any atom is 0.177 e. The van der Waals surface area contributed by atoms with Crippen LogP contribution in [0.2, 0.25) is 0 Å². The van der Waals surface area contributed by atoms with Gasteiger partial charge in [-0.3, -0.25) is 0 Å². The summed E-state index contributed by atoms with van der Waals surface area (Å²) in [6.07, 6.45) is 18.0. The molecule has 0 radical (unpaired) electrons. The topological polar surface area (TPSA) is 58.9 Å². The molecule has 0 bridgehead atoms. The predicted molar refractivity (Wildman–Crippen MR) is 140 cm³/mol. The van der Waals surface area contributed by atoms with Crippen LogP contribution in [0.5, 0.6) is 34.5 Å². The zero-order chi connectivity index (χ0) is 24.2. The number of phenolic OH excluding ortho intramolecular Hbond substituents is 2. The van der Waals surface area contributed by atoms with E-state index >= 15 is 0 Å². The van der Waals surface area contributed by atoms with Gasteiger partial charge >= 0.3 is 0 Å². The van der Waals surface area contributed by atoms with E-state index in [0.717, 1.165) is 25.7 Å². The van der Waals surface area contributed by atoms with E-state index in [1.165, 1.54) is 64.2 Å². The van der Waals surface area contributed by atoms with Crippen LogP contribution in [0.15, 0.2) is 24.3 Å². The summed E-state index contributed by atoms with van der Waals surface area (Å²) in [7, 11) is 0. The van der Waals surface area contributed by atoms with E-state index in [2.05, 4.69) is 13.8 Å². The second-order valence-corrected chi connectivity index (χ2v) is 9.71. The highest BCUT2D eigenvalue weighted by Gasteiger charge is 2.30. The van der Waals surface area contributed by atoms with Crippen molar-refractivity contribution in [1.29, 1.82) is 0 Å². The second kappa shape index (κ2) is 14.1. The number of ether oxygens (including phenoxy) is 2. The lowest BCUT2D eigenvalue weighted by molar-refractivity contribution is 0.333. The molecule has 0 aromatic heterocycles. The van der Waals surface area contributed by atoms with Crippen molar-refractivity contribution in [2.75, 3.05) is 0 Å². The zero-order valence-corrected chi connectivity index (χ0v) is 21.3. The van der Waals surface area contributed by atoms with Crippen molar-refractivity contribution in [3.63, 3.8) is 0 Å². The van der Waals surface area contributed by atoms with Crippen molar-refractivity contribution >= 4 is 0 Å². The monoisotopic (exact) mass is 468 g/mol. The molecule has 4 nitrogen and oxygen atoms in total. The van der Waals surface area contributed by atoms with Crippen molar-refractivity contribution in [2.24, 2.45) is 0 Å². The van der Waals surface area contributed by atoms with Gasteiger partial charge in [0.15, 0.2) is 34.5 Å². The van der Waals surface area contributed by atoms with Gasteiger partial charge in [0.05, 0.1) is 0 Å². The van der Waals surface area contributed by atoms with Crippen LogP contribution in [0, 0.1) is 0 Å². The minimum Gasteiger partial charge on any atom is -0.504 e. The van der Waals surface area contributed by atoms with E-state index in [9.17, 15) is 10.2 Å². The summed E-state index contributed by atoms with van der Waals surface area (Å²) in [4.78, 5) is 0. The lowest BCUT2D eigenvalue weighted by atomic mass is 9.96. The fourth-order valence-electron chi connectivity index (χ4n) is 4.81. The summed E-state index contributed by atoms with van der Waals surface area (Å²) < 4.78 is 12.5. The van der Waals surface area contributed by atoms with Crippen molar-refractivity contribution in [2.45, 2.75) is 117 Å². The molecule has 0 saturated carbocycles. The molecule has 1 aliphatic heterocycles. The van der Waals surface area contributed by atoms with E-state index in [-0.39, 0.29) is 11.5 Å². The molecule has 1 heterocycles. The Labute approximate surface area is 206 Å². The molecule has 0 atom stereocenters. The third kappa shape index (κ3) is 7.07.